The van der Waals surface area contributed by atoms with E-state index in [1.165, 1.54) is 0 Å². The van der Waals surface area contributed by atoms with Crippen LogP contribution in [0.2, 0.25) is 5.02 Å². The Balaban J connectivity index is 2.06. The molecular formula is C19H17BrClNO3S. The molecule has 0 saturated carbocycles. The van der Waals surface area contributed by atoms with Gasteiger partial charge in [0.1, 0.15) is 5.75 Å². The van der Waals surface area contributed by atoms with E-state index < -0.39 is 0 Å². The maximum atomic E-state index is 12.6. The second-order valence-electron chi connectivity index (χ2n) is 5.66. The van der Waals surface area contributed by atoms with Crippen LogP contribution in [0.4, 0.5) is 0 Å². The van der Waals surface area contributed by atoms with Gasteiger partial charge in [0.2, 0.25) is 0 Å². The fourth-order valence-electron chi connectivity index (χ4n) is 2.78. The van der Waals surface area contributed by atoms with Crippen LogP contribution < -0.4 is 0 Å². The van der Waals surface area contributed by atoms with Crippen LogP contribution in [0.15, 0.2) is 45.8 Å². The van der Waals surface area contributed by atoms with E-state index in [2.05, 4.69) is 15.9 Å². The molecule has 0 radical (unpaired) electrons. The molecule has 7 heteroatoms. The van der Waals surface area contributed by atoms with Gasteiger partial charge < -0.3 is 14.4 Å². The normalized spacial score (nSPS) is 11.1. The lowest BCUT2D eigenvalue weighted by molar-refractivity contribution is 0.0527. The number of carbonyl (C=O) groups excluding carboxylic acids is 1. The van der Waals surface area contributed by atoms with E-state index in [-0.39, 0.29) is 11.7 Å². The number of esters is 1. The molecule has 136 valence electrons. The average Bonchev–Trinajstić information content (AvgIpc) is 2.87. The summed E-state index contributed by atoms with van der Waals surface area (Å²) in [6.45, 7) is 2.07. The molecule has 0 bridgehead atoms. The number of phenols is 1. The van der Waals surface area contributed by atoms with Gasteiger partial charge in [-0.3, -0.25) is 0 Å². The topological polar surface area (TPSA) is 51.5 Å². The fourth-order valence-corrected chi connectivity index (χ4v) is 4.21. The van der Waals surface area contributed by atoms with Gasteiger partial charge in [0, 0.05) is 33.8 Å². The van der Waals surface area contributed by atoms with Crippen molar-refractivity contribution < 1.29 is 14.6 Å². The Morgan fingerprint density at radius 2 is 2.00 bits per heavy atom. The zero-order chi connectivity index (χ0) is 18.8. The van der Waals surface area contributed by atoms with Gasteiger partial charge in [0.25, 0.3) is 0 Å². The number of aryl methyl sites for hydroxylation is 1. The second kappa shape index (κ2) is 7.94. The molecule has 1 N–H and O–H groups in total. The van der Waals surface area contributed by atoms with Gasteiger partial charge in [-0.25, -0.2) is 4.79 Å². The SMILES string of the molecule is CCOC(=O)c1c(CSc2ccc(Cl)cc2)n(C)c2cc(Br)c(O)cc12. The van der Waals surface area contributed by atoms with Crippen molar-refractivity contribution in [1.82, 2.24) is 4.57 Å². The Morgan fingerprint density at radius 3 is 2.65 bits per heavy atom. The third-order valence-corrected chi connectivity index (χ3v) is 5.97. The number of aromatic hydroxyl groups is 1. The summed E-state index contributed by atoms with van der Waals surface area (Å²) in [5.74, 6) is 0.288. The Hall–Kier alpha value is -1.63. The Labute approximate surface area is 169 Å². The summed E-state index contributed by atoms with van der Waals surface area (Å²) in [6, 6.07) is 11.0. The minimum atomic E-state index is -0.383. The van der Waals surface area contributed by atoms with Gasteiger partial charge in [-0.2, -0.15) is 0 Å². The van der Waals surface area contributed by atoms with Crippen LogP contribution in [-0.4, -0.2) is 22.2 Å². The van der Waals surface area contributed by atoms with Crippen LogP contribution in [0.25, 0.3) is 10.9 Å². The molecular weight excluding hydrogens is 438 g/mol. The first-order valence-electron chi connectivity index (χ1n) is 7.97. The highest BCUT2D eigenvalue weighted by atomic mass is 79.9. The van der Waals surface area contributed by atoms with Crippen molar-refractivity contribution in [1.29, 1.82) is 0 Å². The molecule has 0 aliphatic rings. The summed E-state index contributed by atoms with van der Waals surface area (Å²) in [6.07, 6.45) is 0. The monoisotopic (exact) mass is 453 g/mol. The molecule has 2 aromatic carbocycles. The standard InChI is InChI=1S/C19H17BrClNO3S/c1-3-25-19(24)18-13-8-17(23)14(20)9-15(13)22(2)16(18)10-26-12-6-4-11(21)5-7-12/h4-9,23H,3,10H2,1-2H3. The zero-order valence-electron chi connectivity index (χ0n) is 14.3. The predicted octanol–water partition coefficient (Wildman–Crippen LogP) is 5.77. The fraction of sp³-hybridized carbons (Fsp3) is 0.211. The molecule has 0 aliphatic carbocycles. The van der Waals surface area contributed by atoms with Crippen LogP contribution in [0.1, 0.15) is 23.0 Å². The molecule has 1 heterocycles. The molecule has 0 fully saturated rings. The number of carbonyl (C=O) groups is 1. The van der Waals surface area contributed by atoms with Crippen LogP contribution in [0.3, 0.4) is 0 Å². The highest BCUT2D eigenvalue weighted by Gasteiger charge is 2.23. The number of nitrogens with zero attached hydrogens (tertiary/aromatic N) is 1. The van der Waals surface area contributed by atoms with E-state index >= 15 is 0 Å². The van der Waals surface area contributed by atoms with E-state index in [4.69, 9.17) is 16.3 Å². The van der Waals surface area contributed by atoms with Crippen LogP contribution in [0.5, 0.6) is 5.75 Å². The molecule has 3 rings (SSSR count). The Morgan fingerprint density at radius 1 is 1.31 bits per heavy atom. The Kier molecular flexibility index (Phi) is 5.85. The second-order valence-corrected chi connectivity index (χ2v) is 8.00. The molecule has 0 amide bonds. The smallest absolute Gasteiger partial charge is 0.340 e. The van der Waals surface area contributed by atoms with E-state index in [0.29, 0.717) is 32.8 Å². The minimum absolute atomic E-state index is 0.0885. The number of aromatic nitrogens is 1. The predicted molar refractivity (Wildman–Crippen MR) is 109 cm³/mol. The molecule has 3 aromatic rings. The number of rotatable bonds is 5. The first kappa shape index (κ1) is 19.1. The molecule has 0 atom stereocenters. The van der Waals surface area contributed by atoms with Crippen molar-refractivity contribution in [3.05, 3.63) is 57.2 Å². The summed E-state index contributed by atoms with van der Waals surface area (Å²) in [5, 5.41) is 11.4. The lowest BCUT2D eigenvalue weighted by Crippen LogP contribution is -2.08. The first-order chi connectivity index (χ1) is 12.4. The van der Waals surface area contributed by atoms with Gasteiger partial charge in [0.05, 0.1) is 22.2 Å². The van der Waals surface area contributed by atoms with E-state index in [1.54, 1.807) is 24.8 Å². The maximum Gasteiger partial charge on any atom is 0.340 e. The minimum Gasteiger partial charge on any atom is -0.507 e. The number of benzene rings is 2. The summed E-state index contributed by atoms with van der Waals surface area (Å²) >= 11 is 10.9. The largest absolute Gasteiger partial charge is 0.507 e. The molecule has 0 unspecified atom stereocenters. The van der Waals surface area contributed by atoms with Gasteiger partial charge in [-0.1, -0.05) is 11.6 Å². The van der Waals surface area contributed by atoms with E-state index in [0.717, 1.165) is 16.1 Å². The number of phenolic OH excluding ortho intramolecular Hbond substituents is 1. The van der Waals surface area contributed by atoms with E-state index in [1.807, 2.05) is 41.9 Å². The van der Waals surface area contributed by atoms with Crippen molar-refractivity contribution >= 4 is 56.2 Å². The summed E-state index contributed by atoms with van der Waals surface area (Å²) in [5.41, 5.74) is 2.19. The van der Waals surface area contributed by atoms with Gasteiger partial charge in [0.15, 0.2) is 0 Å². The summed E-state index contributed by atoms with van der Waals surface area (Å²) in [4.78, 5) is 13.6. The van der Waals surface area contributed by atoms with Crippen molar-refractivity contribution in [3.63, 3.8) is 0 Å². The Bertz CT molecular complexity index is 969. The van der Waals surface area contributed by atoms with Crippen LogP contribution >= 0.6 is 39.3 Å². The van der Waals surface area contributed by atoms with Crippen LogP contribution in [-0.2, 0) is 17.5 Å². The molecule has 0 saturated heterocycles. The van der Waals surface area contributed by atoms with Crippen molar-refractivity contribution in [2.75, 3.05) is 6.61 Å². The summed E-state index contributed by atoms with van der Waals surface area (Å²) < 4.78 is 7.80. The van der Waals surface area contributed by atoms with Gasteiger partial charge in [-0.05, 0) is 59.3 Å². The van der Waals surface area contributed by atoms with Crippen molar-refractivity contribution in [2.24, 2.45) is 7.05 Å². The average molecular weight is 455 g/mol. The molecule has 1 aromatic heterocycles. The maximum absolute atomic E-state index is 12.6. The number of ether oxygens (including phenoxy) is 1. The quantitative estimate of drug-likeness (QED) is 0.393. The van der Waals surface area contributed by atoms with Crippen molar-refractivity contribution in [3.8, 4) is 5.75 Å². The number of hydrogen-bond donors (Lipinski definition) is 1. The number of thioether (sulfide) groups is 1. The number of halogens is 2. The van der Waals surface area contributed by atoms with E-state index in [9.17, 15) is 9.90 Å². The molecule has 0 aliphatic heterocycles. The summed E-state index contributed by atoms with van der Waals surface area (Å²) in [7, 11) is 1.91. The highest BCUT2D eigenvalue weighted by Crippen LogP contribution is 2.36. The molecule has 26 heavy (non-hydrogen) atoms. The van der Waals surface area contributed by atoms with Gasteiger partial charge >= 0.3 is 5.97 Å². The van der Waals surface area contributed by atoms with Crippen LogP contribution in [0, 0.1) is 0 Å². The zero-order valence-corrected chi connectivity index (χ0v) is 17.4. The van der Waals surface area contributed by atoms with Gasteiger partial charge in [-0.15, -0.1) is 11.8 Å². The lowest BCUT2D eigenvalue weighted by Gasteiger charge is -2.08. The molecule has 4 nitrogen and oxygen atoms in total. The van der Waals surface area contributed by atoms with Crippen molar-refractivity contribution in [2.45, 2.75) is 17.6 Å². The molecule has 0 spiro atoms. The number of hydrogen-bond acceptors (Lipinski definition) is 4. The third kappa shape index (κ3) is 3.72. The highest BCUT2D eigenvalue weighted by molar-refractivity contribution is 9.10. The first-order valence-corrected chi connectivity index (χ1v) is 10.1. The third-order valence-electron chi connectivity index (χ3n) is 4.06. The number of fused-ring (bicyclic) bond motifs is 1. The lowest BCUT2D eigenvalue weighted by atomic mass is 10.1.